The minimum absolute atomic E-state index is 0.00769. The van der Waals surface area contributed by atoms with Gasteiger partial charge in [0.15, 0.2) is 0 Å². The van der Waals surface area contributed by atoms with E-state index in [1.807, 2.05) is 0 Å². The van der Waals surface area contributed by atoms with Crippen LogP contribution in [0.4, 0.5) is 0 Å². The van der Waals surface area contributed by atoms with Crippen LogP contribution in [0.15, 0.2) is 23.3 Å². The summed E-state index contributed by atoms with van der Waals surface area (Å²) >= 11 is 0. The van der Waals surface area contributed by atoms with Crippen molar-refractivity contribution in [2.45, 2.75) is 99.5 Å². The molecule has 34 heavy (non-hydrogen) atoms. The fraction of sp³-hybridized carbons (Fsp3) is 0.767. The molecule has 0 unspecified atom stereocenters. The van der Waals surface area contributed by atoms with Crippen LogP contribution in [0.25, 0.3) is 0 Å². The molecule has 7 atom stereocenters. The van der Waals surface area contributed by atoms with Gasteiger partial charge in [-0.3, -0.25) is 14.4 Å². The highest BCUT2D eigenvalue weighted by Crippen LogP contribution is 2.74. The largest absolute Gasteiger partial charge is 0.457 e. The Hall–Kier alpha value is -1.71. The lowest BCUT2D eigenvalue weighted by molar-refractivity contribution is -0.176. The molecule has 6 rings (SSSR count). The summed E-state index contributed by atoms with van der Waals surface area (Å²) in [6, 6.07) is 0. The average molecular weight is 465 g/mol. The lowest BCUT2D eigenvalue weighted by Crippen LogP contribution is -2.65. The highest BCUT2D eigenvalue weighted by Gasteiger charge is 2.71. The van der Waals surface area contributed by atoms with Crippen molar-refractivity contribution >= 4 is 17.5 Å². The lowest BCUT2D eigenvalue weighted by Gasteiger charge is -2.67. The molecule has 0 aromatic heterocycles. The molecule has 0 N–H and O–H groups in total. The molecule has 5 aliphatic carbocycles. The van der Waals surface area contributed by atoms with Crippen molar-refractivity contribution in [3.8, 4) is 0 Å². The average Bonchev–Trinajstić information content (AvgIpc) is 3.00. The quantitative estimate of drug-likeness (QED) is 0.326. The molecule has 0 radical (unpaired) electrons. The first-order chi connectivity index (χ1) is 15.7. The number of esters is 1. The van der Waals surface area contributed by atoms with E-state index in [0.717, 1.165) is 38.5 Å². The Kier molecular flexibility index (Phi) is 4.12. The summed E-state index contributed by atoms with van der Waals surface area (Å²) in [5.74, 6) is 0.388. The third-order valence-electron chi connectivity index (χ3n) is 12.5. The number of rotatable bonds is 0. The zero-order valence-electron chi connectivity index (χ0n) is 22.0. The van der Waals surface area contributed by atoms with E-state index >= 15 is 0 Å². The summed E-state index contributed by atoms with van der Waals surface area (Å²) < 4.78 is 6.14. The Morgan fingerprint density at radius 2 is 1.53 bits per heavy atom. The second-order valence-corrected chi connectivity index (χ2v) is 14.4. The number of ketones is 2. The predicted octanol–water partition coefficient (Wildman–Crippen LogP) is 5.99. The van der Waals surface area contributed by atoms with E-state index in [1.54, 1.807) is 0 Å². The molecule has 4 nitrogen and oxygen atoms in total. The summed E-state index contributed by atoms with van der Waals surface area (Å²) in [6.07, 6.45) is 10.1. The fourth-order valence-corrected chi connectivity index (χ4v) is 9.85. The Balaban J connectivity index is 1.56. The molecule has 0 aromatic carbocycles. The second-order valence-electron chi connectivity index (χ2n) is 14.4. The minimum Gasteiger partial charge on any atom is -0.457 e. The third kappa shape index (κ3) is 2.22. The highest BCUT2D eigenvalue weighted by molar-refractivity contribution is 6.07. The fourth-order valence-electron chi connectivity index (χ4n) is 9.85. The molecular formula is C30H40O4. The van der Waals surface area contributed by atoms with Gasteiger partial charge in [-0.15, -0.1) is 0 Å². The topological polar surface area (TPSA) is 60.4 Å². The van der Waals surface area contributed by atoms with Crippen molar-refractivity contribution in [1.82, 2.24) is 0 Å². The second kappa shape index (κ2) is 6.16. The van der Waals surface area contributed by atoms with Crippen molar-refractivity contribution in [2.24, 2.45) is 44.3 Å². The number of Topliss-reactive ketones (excluding diaryl/α,β-unsaturated/α-hetero) is 2. The van der Waals surface area contributed by atoms with Gasteiger partial charge in [-0.2, -0.15) is 0 Å². The Labute approximate surface area is 204 Å². The maximum absolute atomic E-state index is 13.6. The summed E-state index contributed by atoms with van der Waals surface area (Å²) in [5.41, 5.74) is 0.844. The van der Waals surface area contributed by atoms with Crippen molar-refractivity contribution in [1.29, 1.82) is 0 Å². The number of hydrogen-bond acceptors (Lipinski definition) is 4. The van der Waals surface area contributed by atoms with Crippen LogP contribution in [-0.4, -0.2) is 23.6 Å². The number of ether oxygens (including phenoxy) is 1. The van der Waals surface area contributed by atoms with Gasteiger partial charge in [0.05, 0.1) is 11.8 Å². The molecule has 0 amide bonds. The molecule has 2 bridgehead atoms. The highest BCUT2D eigenvalue weighted by atomic mass is 16.6. The van der Waals surface area contributed by atoms with Crippen LogP contribution < -0.4 is 0 Å². The van der Waals surface area contributed by atoms with Gasteiger partial charge in [-0.1, -0.05) is 60.6 Å². The van der Waals surface area contributed by atoms with Crippen molar-refractivity contribution < 1.29 is 19.1 Å². The zero-order valence-corrected chi connectivity index (χ0v) is 22.0. The summed E-state index contributed by atoms with van der Waals surface area (Å²) in [4.78, 5) is 39.8. The summed E-state index contributed by atoms with van der Waals surface area (Å²) in [6.45, 7) is 15.6. The summed E-state index contributed by atoms with van der Waals surface area (Å²) in [5, 5.41) is 0. The lowest BCUT2D eigenvalue weighted by atomic mass is 9.35. The molecule has 6 aliphatic rings. The van der Waals surface area contributed by atoms with Gasteiger partial charge in [0.25, 0.3) is 0 Å². The van der Waals surface area contributed by atoms with E-state index < -0.39 is 16.2 Å². The SMILES string of the molecule is CC1(C)CC[C@]23CC[C@]4(C)C(=C2[C@H]1OC3=O)C=C[C@@H]1[C@@]2(C)C(=O)CC(=O)C(C)(C)[C@@H]2CC[C@]14C. The van der Waals surface area contributed by atoms with Gasteiger partial charge in [0.1, 0.15) is 17.7 Å². The van der Waals surface area contributed by atoms with E-state index in [1.165, 1.54) is 11.1 Å². The summed E-state index contributed by atoms with van der Waals surface area (Å²) in [7, 11) is 0. The molecule has 0 spiro atoms. The van der Waals surface area contributed by atoms with Gasteiger partial charge >= 0.3 is 5.97 Å². The Bertz CT molecular complexity index is 1110. The smallest absolute Gasteiger partial charge is 0.317 e. The molecule has 0 aromatic rings. The number of carbonyl (C=O) groups is 3. The monoisotopic (exact) mass is 464 g/mol. The first-order valence-electron chi connectivity index (χ1n) is 13.4. The molecule has 3 saturated carbocycles. The van der Waals surface area contributed by atoms with Crippen molar-refractivity contribution in [3.05, 3.63) is 23.3 Å². The molecule has 1 aliphatic heterocycles. The first-order valence-corrected chi connectivity index (χ1v) is 13.4. The van der Waals surface area contributed by atoms with E-state index in [4.69, 9.17) is 4.74 Å². The van der Waals surface area contributed by atoms with Crippen LogP contribution in [0.5, 0.6) is 0 Å². The van der Waals surface area contributed by atoms with Crippen molar-refractivity contribution in [2.75, 3.05) is 0 Å². The molecule has 4 heteroatoms. The van der Waals surface area contributed by atoms with Gasteiger partial charge < -0.3 is 4.74 Å². The van der Waals surface area contributed by atoms with Crippen LogP contribution in [-0.2, 0) is 19.1 Å². The maximum atomic E-state index is 13.6. The van der Waals surface area contributed by atoms with Gasteiger partial charge in [-0.25, -0.2) is 0 Å². The zero-order chi connectivity index (χ0) is 24.7. The standard InChI is InChI=1S/C30H40O4/c1-25(2)12-14-30-15-13-27(5)17(22(30)23(25)34-24(30)33)8-9-19-28(27,6)11-10-18-26(3,4)20(31)16-21(32)29(18,19)7/h8-9,18-19,23H,10-16H2,1-7H3/t18-,19-,23+,27+,28+,29-,30-/m0/s1. The van der Waals surface area contributed by atoms with Gasteiger partial charge in [-0.05, 0) is 72.3 Å². The van der Waals surface area contributed by atoms with E-state index in [0.29, 0.717) is 0 Å². The van der Waals surface area contributed by atoms with E-state index in [9.17, 15) is 14.4 Å². The number of carbonyl (C=O) groups excluding carboxylic acids is 3. The predicted molar refractivity (Wildman–Crippen MR) is 130 cm³/mol. The Morgan fingerprint density at radius 1 is 0.853 bits per heavy atom. The van der Waals surface area contributed by atoms with Gasteiger partial charge in [0, 0.05) is 16.2 Å². The molecule has 4 fully saturated rings. The van der Waals surface area contributed by atoms with Crippen LogP contribution in [0.1, 0.15) is 93.4 Å². The minimum atomic E-state index is -0.535. The number of hydrogen-bond donors (Lipinski definition) is 0. The van der Waals surface area contributed by atoms with E-state index in [-0.39, 0.29) is 58.1 Å². The van der Waals surface area contributed by atoms with Crippen molar-refractivity contribution in [3.63, 3.8) is 0 Å². The van der Waals surface area contributed by atoms with E-state index in [2.05, 4.69) is 60.6 Å². The van der Waals surface area contributed by atoms with Crippen LogP contribution >= 0.6 is 0 Å². The Morgan fingerprint density at radius 3 is 2.24 bits per heavy atom. The third-order valence-corrected chi connectivity index (χ3v) is 12.5. The van der Waals surface area contributed by atoms with Gasteiger partial charge in [0.2, 0.25) is 0 Å². The molecule has 1 saturated heterocycles. The molecule has 1 heterocycles. The van der Waals surface area contributed by atoms with Crippen LogP contribution in [0, 0.1) is 44.3 Å². The molecule has 184 valence electrons. The number of fused-ring (bicyclic) bond motifs is 5. The number of allylic oxidation sites excluding steroid dienone is 3. The van der Waals surface area contributed by atoms with Crippen LogP contribution in [0.2, 0.25) is 0 Å². The van der Waals surface area contributed by atoms with Crippen LogP contribution in [0.3, 0.4) is 0 Å². The first kappa shape index (κ1) is 22.7. The normalized spacial score (nSPS) is 50.2. The maximum Gasteiger partial charge on any atom is 0.317 e. The molecular weight excluding hydrogens is 424 g/mol.